The average Bonchev–Trinajstić information content (AvgIpc) is 2.49. The van der Waals surface area contributed by atoms with Gasteiger partial charge >= 0.3 is 0 Å². The molecule has 4 aliphatic carbocycles. The highest BCUT2D eigenvalue weighted by atomic mass is 32.2. The first kappa shape index (κ1) is 18.6. The standard InChI is InChI=1S/C22H32O3S/c1-20(2,3)17(23)16-18(21(4,5)6)25-22(26-19(16)24)14-8-12-7-13(10-14)11-15(22)9-12/h12-15H,7-11H2,1-6H3. The molecule has 3 nitrogen and oxygen atoms in total. The SMILES string of the molecule is CC(C)(C)C(=O)C1=C(C(C)(C)C)OC2(SC1=O)C1CC3CC(C1)CC2C3. The summed E-state index contributed by atoms with van der Waals surface area (Å²) in [5, 5.41) is -0.0476. The summed E-state index contributed by atoms with van der Waals surface area (Å²) in [6, 6.07) is 0. The van der Waals surface area contributed by atoms with Crippen LogP contribution in [0.5, 0.6) is 0 Å². The van der Waals surface area contributed by atoms with E-state index in [0.29, 0.717) is 23.2 Å². The Labute approximate surface area is 161 Å². The molecule has 144 valence electrons. The van der Waals surface area contributed by atoms with E-state index in [4.69, 9.17) is 4.74 Å². The lowest BCUT2D eigenvalue weighted by Gasteiger charge is -2.61. The summed E-state index contributed by atoms with van der Waals surface area (Å²) in [6.07, 6.45) is 6.12. The Morgan fingerprint density at radius 2 is 1.46 bits per heavy atom. The van der Waals surface area contributed by atoms with Crippen LogP contribution in [-0.2, 0) is 14.3 Å². The van der Waals surface area contributed by atoms with Crippen LogP contribution in [0.4, 0.5) is 0 Å². The number of allylic oxidation sites excluding steroid dienone is 1. The quantitative estimate of drug-likeness (QED) is 0.579. The lowest BCUT2D eigenvalue weighted by Crippen LogP contribution is -2.59. The predicted molar refractivity (Wildman–Crippen MR) is 104 cm³/mol. The Kier molecular flexibility index (Phi) is 4.02. The van der Waals surface area contributed by atoms with E-state index in [9.17, 15) is 9.59 Å². The van der Waals surface area contributed by atoms with Gasteiger partial charge in [0.05, 0.1) is 0 Å². The Balaban J connectivity index is 1.79. The Morgan fingerprint density at radius 1 is 0.962 bits per heavy atom. The van der Waals surface area contributed by atoms with Gasteiger partial charge in [0, 0.05) is 22.7 Å². The van der Waals surface area contributed by atoms with E-state index in [1.807, 2.05) is 20.8 Å². The first-order valence-corrected chi connectivity index (χ1v) is 11.0. The van der Waals surface area contributed by atoms with Crippen molar-refractivity contribution in [3.8, 4) is 0 Å². The van der Waals surface area contributed by atoms with Gasteiger partial charge in [-0.05, 0) is 55.7 Å². The molecule has 1 aliphatic heterocycles. The van der Waals surface area contributed by atoms with Crippen LogP contribution in [0.2, 0.25) is 0 Å². The zero-order valence-corrected chi connectivity index (χ0v) is 17.8. The number of rotatable bonds is 1. The second kappa shape index (κ2) is 5.62. The van der Waals surface area contributed by atoms with Gasteiger partial charge in [0.2, 0.25) is 5.12 Å². The molecule has 1 heterocycles. The van der Waals surface area contributed by atoms with Crippen molar-refractivity contribution in [1.29, 1.82) is 0 Å². The molecule has 0 atom stereocenters. The van der Waals surface area contributed by atoms with Crippen LogP contribution in [0.1, 0.15) is 73.6 Å². The fourth-order valence-electron chi connectivity index (χ4n) is 5.79. The van der Waals surface area contributed by atoms with Gasteiger partial charge in [-0.25, -0.2) is 0 Å². The Bertz CT molecular complexity index is 661. The maximum atomic E-state index is 13.3. The lowest BCUT2D eigenvalue weighted by atomic mass is 9.54. The van der Waals surface area contributed by atoms with Gasteiger partial charge in [-0.15, -0.1) is 0 Å². The van der Waals surface area contributed by atoms with E-state index in [1.54, 1.807) is 0 Å². The number of thioether (sulfide) groups is 1. The highest BCUT2D eigenvalue weighted by molar-refractivity contribution is 8.15. The van der Waals surface area contributed by atoms with Gasteiger partial charge in [-0.3, -0.25) is 9.59 Å². The van der Waals surface area contributed by atoms with Crippen molar-refractivity contribution in [3.05, 3.63) is 11.3 Å². The van der Waals surface area contributed by atoms with Crippen molar-refractivity contribution in [2.24, 2.45) is 34.5 Å². The average molecular weight is 377 g/mol. The number of hydrogen-bond donors (Lipinski definition) is 0. The number of ketones is 1. The van der Waals surface area contributed by atoms with Crippen molar-refractivity contribution in [2.45, 2.75) is 78.6 Å². The second-order valence-electron chi connectivity index (χ2n) is 11.1. The zero-order valence-electron chi connectivity index (χ0n) is 17.0. The van der Waals surface area contributed by atoms with Gasteiger partial charge in [0.15, 0.2) is 10.7 Å². The number of carbonyl (C=O) groups is 2. The van der Waals surface area contributed by atoms with Gasteiger partial charge in [0.1, 0.15) is 11.3 Å². The molecular weight excluding hydrogens is 344 g/mol. The molecule has 0 N–H and O–H groups in total. The maximum Gasteiger partial charge on any atom is 0.230 e. The monoisotopic (exact) mass is 376 g/mol. The molecule has 1 spiro atoms. The number of Topliss-reactive ketones (excluding diaryl/α,β-unsaturated/α-hetero) is 1. The van der Waals surface area contributed by atoms with Gasteiger partial charge in [-0.1, -0.05) is 41.5 Å². The third kappa shape index (κ3) is 2.70. The second-order valence-corrected chi connectivity index (χ2v) is 12.3. The minimum absolute atomic E-state index is 0.0476. The molecule has 0 unspecified atom stereocenters. The smallest absolute Gasteiger partial charge is 0.230 e. The van der Waals surface area contributed by atoms with E-state index in [-0.39, 0.29) is 16.3 Å². The lowest BCUT2D eigenvalue weighted by molar-refractivity contribution is -0.144. The summed E-state index contributed by atoms with van der Waals surface area (Å²) in [5.41, 5.74) is -0.622. The van der Waals surface area contributed by atoms with Crippen LogP contribution in [0, 0.1) is 34.5 Å². The van der Waals surface area contributed by atoms with E-state index in [2.05, 4.69) is 20.8 Å². The number of carbonyl (C=O) groups excluding carboxylic acids is 2. The molecule has 0 aromatic carbocycles. The Morgan fingerprint density at radius 3 is 1.88 bits per heavy atom. The molecule has 26 heavy (non-hydrogen) atoms. The van der Waals surface area contributed by atoms with E-state index in [1.165, 1.54) is 43.9 Å². The molecule has 0 saturated heterocycles. The topological polar surface area (TPSA) is 43.4 Å². The van der Waals surface area contributed by atoms with Crippen LogP contribution in [-0.4, -0.2) is 15.8 Å². The van der Waals surface area contributed by atoms with E-state index < -0.39 is 10.3 Å². The molecule has 0 radical (unpaired) electrons. The predicted octanol–water partition coefficient (Wildman–Crippen LogP) is 5.34. The normalized spacial score (nSPS) is 39.5. The van der Waals surface area contributed by atoms with Crippen molar-refractivity contribution < 1.29 is 14.3 Å². The minimum atomic E-state index is -0.583. The van der Waals surface area contributed by atoms with Crippen LogP contribution in [0.15, 0.2) is 11.3 Å². The third-order valence-corrected chi connectivity index (χ3v) is 8.27. The first-order valence-electron chi connectivity index (χ1n) is 10.1. The van der Waals surface area contributed by atoms with Crippen molar-refractivity contribution in [3.63, 3.8) is 0 Å². The van der Waals surface area contributed by atoms with E-state index in [0.717, 1.165) is 11.8 Å². The van der Waals surface area contributed by atoms with Crippen LogP contribution < -0.4 is 0 Å². The number of ether oxygens (including phenoxy) is 1. The summed E-state index contributed by atoms with van der Waals surface area (Å²) in [6.45, 7) is 11.8. The molecule has 5 rings (SSSR count). The number of hydrogen-bond acceptors (Lipinski definition) is 4. The molecule has 4 saturated carbocycles. The molecule has 0 amide bonds. The molecule has 5 aliphatic rings. The van der Waals surface area contributed by atoms with Gasteiger partial charge in [0.25, 0.3) is 0 Å². The van der Waals surface area contributed by atoms with Crippen molar-refractivity contribution >= 4 is 22.7 Å². The zero-order chi connectivity index (χ0) is 19.1. The summed E-state index contributed by atoms with van der Waals surface area (Å²) in [5.74, 6) is 3.11. The largest absolute Gasteiger partial charge is 0.478 e. The molecule has 4 bridgehead atoms. The van der Waals surface area contributed by atoms with Crippen LogP contribution in [0.25, 0.3) is 0 Å². The van der Waals surface area contributed by atoms with Crippen molar-refractivity contribution in [2.75, 3.05) is 0 Å². The fraction of sp³-hybridized carbons (Fsp3) is 0.818. The molecule has 4 heteroatoms. The molecular formula is C22H32O3S. The highest BCUT2D eigenvalue weighted by Crippen LogP contribution is 2.66. The molecule has 4 fully saturated rings. The van der Waals surface area contributed by atoms with Crippen LogP contribution >= 0.6 is 11.8 Å². The molecule has 0 aromatic heterocycles. The highest BCUT2D eigenvalue weighted by Gasteiger charge is 2.63. The third-order valence-electron chi connectivity index (χ3n) is 6.81. The first-order chi connectivity index (χ1) is 11.9. The molecule has 0 aromatic rings. The van der Waals surface area contributed by atoms with Crippen LogP contribution in [0.3, 0.4) is 0 Å². The van der Waals surface area contributed by atoms with Gasteiger partial charge in [-0.2, -0.15) is 0 Å². The van der Waals surface area contributed by atoms with E-state index >= 15 is 0 Å². The summed E-state index contributed by atoms with van der Waals surface area (Å²) < 4.78 is 6.82. The Hall–Kier alpha value is -0.770. The minimum Gasteiger partial charge on any atom is -0.478 e. The summed E-state index contributed by atoms with van der Waals surface area (Å²) in [4.78, 5) is 26.0. The fourth-order valence-corrected chi connectivity index (χ4v) is 7.21. The summed E-state index contributed by atoms with van der Waals surface area (Å²) >= 11 is 1.36. The summed E-state index contributed by atoms with van der Waals surface area (Å²) in [7, 11) is 0. The maximum absolute atomic E-state index is 13.3. The van der Waals surface area contributed by atoms with Crippen molar-refractivity contribution in [1.82, 2.24) is 0 Å². The van der Waals surface area contributed by atoms with Gasteiger partial charge < -0.3 is 4.74 Å².